The Hall–Kier alpha value is 0.0700. The average Bonchev–Trinajstić information content (AvgIpc) is 2.60. The third kappa shape index (κ3) is 4.21. The smallest absolute Gasteiger partial charge is 0.110 e. The SMILES string of the molecule is CC(NCC(C)C(C)C)c1ncc(Br)s1. The Kier molecular flexibility index (Phi) is 5.23. The zero-order valence-corrected chi connectivity index (χ0v) is 12.2. The van der Waals surface area contributed by atoms with Crippen molar-refractivity contribution < 1.29 is 0 Å². The van der Waals surface area contributed by atoms with Gasteiger partial charge in [-0.15, -0.1) is 11.3 Å². The van der Waals surface area contributed by atoms with Crippen LogP contribution in [0, 0.1) is 11.8 Å². The van der Waals surface area contributed by atoms with E-state index in [2.05, 4.69) is 53.9 Å². The van der Waals surface area contributed by atoms with Crippen molar-refractivity contribution in [1.82, 2.24) is 10.3 Å². The molecular formula is C11H19BrN2S. The molecular weight excluding hydrogens is 272 g/mol. The summed E-state index contributed by atoms with van der Waals surface area (Å²) < 4.78 is 1.10. The van der Waals surface area contributed by atoms with Crippen LogP contribution in [0.15, 0.2) is 9.98 Å². The fourth-order valence-corrected chi connectivity index (χ4v) is 2.42. The number of halogens is 1. The standard InChI is InChI=1S/C11H19BrN2S/c1-7(2)8(3)5-13-9(4)11-14-6-10(12)15-11/h6-9,13H,5H2,1-4H3. The lowest BCUT2D eigenvalue weighted by molar-refractivity contribution is 0.375. The minimum absolute atomic E-state index is 0.350. The van der Waals surface area contributed by atoms with Crippen LogP contribution in [0.1, 0.15) is 38.7 Å². The maximum absolute atomic E-state index is 4.35. The summed E-state index contributed by atoms with van der Waals surface area (Å²) in [5, 5.41) is 4.67. The van der Waals surface area contributed by atoms with Gasteiger partial charge in [-0.25, -0.2) is 4.98 Å². The van der Waals surface area contributed by atoms with Crippen molar-refractivity contribution in [3.63, 3.8) is 0 Å². The lowest BCUT2D eigenvalue weighted by atomic mass is 9.98. The minimum atomic E-state index is 0.350. The first-order valence-electron chi connectivity index (χ1n) is 5.35. The number of hydrogen-bond donors (Lipinski definition) is 1. The Labute approximate surface area is 105 Å². The molecule has 0 aliphatic rings. The van der Waals surface area contributed by atoms with Crippen LogP contribution in [0.2, 0.25) is 0 Å². The third-order valence-corrected chi connectivity index (χ3v) is 4.41. The molecule has 0 saturated heterocycles. The van der Waals surface area contributed by atoms with Gasteiger partial charge in [0.05, 0.1) is 16.0 Å². The zero-order valence-electron chi connectivity index (χ0n) is 9.75. The van der Waals surface area contributed by atoms with Crippen molar-refractivity contribution >= 4 is 27.3 Å². The highest BCUT2D eigenvalue weighted by molar-refractivity contribution is 9.11. The number of nitrogens with one attached hydrogen (secondary N) is 1. The molecule has 1 aromatic heterocycles. The molecule has 0 bridgehead atoms. The molecule has 1 aromatic rings. The van der Waals surface area contributed by atoms with E-state index in [9.17, 15) is 0 Å². The fourth-order valence-electron chi connectivity index (χ4n) is 1.15. The van der Waals surface area contributed by atoms with E-state index >= 15 is 0 Å². The molecule has 0 spiro atoms. The normalized spacial score (nSPS) is 15.6. The highest BCUT2D eigenvalue weighted by atomic mass is 79.9. The molecule has 0 fully saturated rings. The molecule has 2 nitrogen and oxygen atoms in total. The second kappa shape index (κ2) is 5.97. The second-order valence-corrected chi connectivity index (χ2v) is 6.80. The molecule has 15 heavy (non-hydrogen) atoms. The van der Waals surface area contributed by atoms with Crippen molar-refractivity contribution in [3.8, 4) is 0 Å². The van der Waals surface area contributed by atoms with E-state index in [0.29, 0.717) is 12.0 Å². The van der Waals surface area contributed by atoms with E-state index in [1.54, 1.807) is 11.3 Å². The summed E-state index contributed by atoms with van der Waals surface area (Å²) in [6, 6.07) is 0.350. The van der Waals surface area contributed by atoms with Crippen molar-refractivity contribution in [3.05, 3.63) is 15.0 Å². The lowest BCUT2D eigenvalue weighted by Crippen LogP contribution is -2.26. The van der Waals surface area contributed by atoms with E-state index in [-0.39, 0.29) is 0 Å². The van der Waals surface area contributed by atoms with Gasteiger partial charge in [-0.3, -0.25) is 0 Å². The Morgan fingerprint density at radius 1 is 1.40 bits per heavy atom. The van der Waals surface area contributed by atoms with Gasteiger partial charge in [0.1, 0.15) is 5.01 Å². The minimum Gasteiger partial charge on any atom is -0.308 e. The third-order valence-electron chi connectivity index (χ3n) is 2.75. The van der Waals surface area contributed by atoms with Crippen LogP contribution in [-0.4, -0.2) is 11.5 Å². The van der Waals surface area contributed by atoms with Gasteiger partial charge in [-0.05, 0) is 41.2 Å². The predicted molar refractivity (Wildman–Crippen MR) is 70.2 cm³/mol. The van der Waals surface area contributed by atoms with Gasteiger partial charge in [0.25, 0.3) is 0 Å². The molecule has 1 heterocycles. The largest absolute Gasteiger partial charge is 0.308 e. The maximum atomic E-state index is 4.35. The first-order valence-corrected chi connectivity index (χ1v) is 6.96. The van der Waals surface area contributed by atoms with Crippen LogP contribution < -0.4 is 5.32 Å². The number of nitrogens with zero attached hydrogens (tertiary/aromatic N) is 1. The molecule has 0 radical (unpaired) electrons. The van der Waals surface area contributed by atoms with Crippen molar-refractivity contribution in [2.45, 2.75) is 33.7 Å². The van der Waals surface area contributed by atoms with Gasteiger partial charge in [0.2, 0.25) is 0 Å². The molecule has 86 valence electrons. The number of thiazole rings is 1. The first kappa shape index (κ1) is 13.1. The number of hydrogen-bond acceptors (Lipinski definition) is 3. The Balaban J connectivity index is 2.39. The van der Waals surface area contributed by atoms with Gasteiger partial charge in [0, 0.05) is 0 Å². The monoisotopic (exact) mass is 290 g/mol. The van der Waals surface area contributed by atoms with E-state index in [4.69, 9.17) is 0 Å². The van der Waals surface area contributed by atoms with Gasteiger partial charge >= 0.3 is 0 Å². The van der Waals surface area contributed by atoms with Crippen molar-refractivity contribution in [1.29, 1.82) is 0 Å². The van der Waals surface area contributed by atoms with E-state index in [0.717, 1.165) is 21.3 Å². The molecule has 1 N–H and O–H groups in total. The Morgan fingerprint density at radius 3 is 2.53 bits per heavy atom. The molecule has 0 aromatic carbocycles. The van der Waals surface area contributed by atoms with Crippen LogP contribution in [0.4, 0.5) is 0 Å². The summed E-state index contributed by atoms with van der Waals surface area (Å²) in [5.41, 5.74) is 0. The van der Waals surface area contributed by atoms with Crippen molar-refractivity contribution in [2.24, 2.45) is 11.8 Å². The average molecular weight is 291 g/mol. The molecule has 2 atom stereocenters. The topological polar surface area (TPSA) is 24.9 Å². The first-order chi connectivity index (χ1) is 7.00. The van der Waals surface area contributed by atoms with Crippen molar-refractivity contribution in [2.75, 3.05) is 6.54 Å². The van der Waals surface area contributed by atoms with Crippen LogP contribution in [0.5, 0.6) is 0 Å². The van der Waals surface area contributed by atoms with Crippen LogP contribution in [-0.2, 0) is 0 Å². The highest BCUT2D eigenvalue weighted by Gasteiger charge is 2.12. The number of rotatable bonds is 5. The zero-order chi connectivity index (χ0) is 11.4. The summed E-state index contributed by atoms with van der Waals surface area (Å²) in [5.74, 6) is 1.43. The molecule has 2 unspecified atom stereocenters. The predicted octanol–water partition coefficient (Wildman–Crippen LogP) is 3.85. The summed E-state index contributed by atoms with van der Waals surface area (Å²) in [6.07, 6.45) is 1.87. The van der Waals surface area contributed by atoms with Gasteiger partial charge in [-0.1, -0.05) is 20.8 Å². The molecule has 0 saturated carbocycles. The van der Waals surface area contributed by atoms with Gasteiger partial charge < -0.3 is 5.32 Å². The van der Waals surface area contributed by atoms with Crippen LogP contribution >= 0.6 is 27.3 Å². The van der Waals surface area contributed by atoms with E-state index in [1.807, 2.05) is 6.20 Å². The molecule has 1 rings (SSSR count). The van der Waals surface area contributed by atoms with Crippen LogP contribution in [0.3, 0.4) is 0 Å². The molecule has 4 heteroatoms. The second-order valence-electron chi connectivity index (χ2n) is 4.35. The molecule has 0 amide bonds. The maximum Gasteiger partial charge on any atom is 0.110 e. The van der Waals surface area contributed by atoms with Gasteiger partial charge in [-0.2, -0.15) is 0 Å². The Morgan fingerprint density at radius 2 is 2.07 bits per heavy atom. The summed E-state index contributed by atoms with van der Waals surface area (Å²) in [7, 11) is 0. The highest BCUT2D eigenvalue weighted by Crippen LogP contribution is 2.24. The molecule has 0 aliphatic carbocycles. The quantitative estimate of drug-likeness (QED) is 0.891. The van der Waals surface area contributed by atoms with E-state index in [1.165, 1.54) is 0 Å². The Bertz CT molecular complexity index is 299. The molecule has 0 aliphatic heterocycles. The van der Waals surface area contributed by atoms with E-state index < -0.39 is 0 Å². The summed E-state index contributed by atoms with van der Waals surface area (Å²) in [4.78, 5) is 4.35. The van der Waals surface area contributed by atoms with Gasteiger partial charge in [0.15, 0.2) is 0 Å². The summed E-state index contributed by atoms with van der Waals surface area (Å²) >= 11 is 5.13. The summed E-state index contributed by atoms with van der Waals surface area (Å²) in [6.45, 7) is 10.0. The van der Waals surface area contributed by atoms with Crippen LogP contribution in [0.25, 0.3) is 0 Å². The lowest BCUT2D eigenvalue weighted by Gasteiger charge is -2.18. The fraction of sp³-hybridized carbons (Fsp3) is 0.727. The number of aromatic nitrogens is 1.